The first-order chi connectivity index (χ1) is 5.16. The maximum atomic E-state index is 10.7. The molecule has 1 rings (SSSR count). The van der Waals surface area contributed by atoms with Gasteiger partial charge in [0.2, 0.25) is 0 Å². The van der Waals surface area contributed by atoms with Gasteiger partial charge in [-0.2, -0.15) is 0 Å². The molecule has 1 fully saturated rings. The minimum atomic E-state index is -0.402. The van der Waals surface area contributed by atoms with Crippen molar-refractivity contribution >= 4 is 6.09 Å². The van der Waals surface area contributed by atoms with Crippen molar-refractivity contribution in [3.05, 3.63) is 0 Å². The third kappa shape index (κ3) is 2.76. The third-order valence-corrected chi connectivity index (χ3v) is 1.74. The second-order valence-corrected chi connectivity index (χ2v) is 3.03. The number of hydrazine groups is 1. The Morgan fingerprint density at radius 2 is 2.27 bits per heavy atom. The number of hydrogen-bond donors (Lipinski definition) is 2. The van der Waals surface area contributed by atoms with Crippen LogP contribution in [0.3, 0.4) is 0 Å². The third-order valence-electron chi connectivity index (χ3n) is 1.74. The highest BCUT2D eigenvalue weighted by Gasteiger charge is 2.37. The van der Waals surface area contributed by atoms with Crippen LogP contribution in [0, 0.1) is 0 Å². The number of ether oxygens (including phenoxy) is 1. The fourth-order valence-corrected chi connectivity index (χ4v) is 0.682. The zero-order chi connectivity index (χ0) is 8.32. The summed E-state index contributed by atoms with van der Waals surface area (Å²) in [6.07, 6.45) is 1.82. The van der Waals surface area contributed by atoms with E-state index in [0.29, 0.717) is 6.61 Å². The van der Waals surface area contributed by atoms with Crippen molar-refractivity contribution in [1.82, 2.24) is 10.9 Å². The second-order valence-electron chi connectivity index (χ2n) is 3.03. The van der Waals surface area contributed by atoms with Crippen LogP contribution < -0.4 is 10.9 Å². The lowest BCUT2D eigenvalue weighted by molar-refractivity contribution is 0.144. The van der Waals surface area contributed by atoms with E-state index >= 15 is 0 Å². The lowest BCUT2D eigenvalue weighted by Gasteiger charge is -2.11. The molecule has 0 spiro atoms. The fourth-order valence-electron chi connectivity index (χ4n) is 0.682. The summed E-state index contributed by atoms with van der Waals surface area (Å²) in [5, 5.41) is 0. The number of hydrogen-bond acceptors (Lipinski definition) is 3. The molecule has 0 aromatic carbocycles. The lowest BCUT2D eigenvalue weighted by Crippen LogP contribution is -2.44. The van der Waals surface area contributed by atoms with E-state index in [1.165, 1.54) is 0 Å². The topological polar surface area (TPSA) is 50.4 Å². The molecule has 1 amide bonds. The smallest absolute Gasteiger partial charge is 0.421 e. The highest BCUT2D eigenvalue weighted by Crippen LogP contribution is 2.33. The maximum absolute atomic E-state index is 10.7. The molecule has 0 aliphatic heterocycles. The number of nitrogens with one attached hydrogen (secondary N) is 2. The SMILES string of the molecule is CCOC(=O)NNC1(C)CC1. The quantitative estimate of drug-likeness (QED) is 0.597. The average Bonchev–Trinajstić information content (AvgIpc) is 2.66. The van der Waals surface area contributed by atoms with Gasteiger partial charge in [-0.15, -0.1) is 0 Å². The zero-order valence-electron chi connectivity index (χ0n) is 6.94. The Balaban J connectivity index is 2.06. The van der Waals surface area contributed by atoms with Crippen LogP contribution in [0.4, 0.5) is 4.79 Å². The molecule has 0 unspecified atom stereocenters. The Hall–Kier alpha value is -0.770. The molecule has 0 radical (unpaired) electrons. The standard InChI is InChI=1S/C7H14N2O2/c1-3-11-6(10)8-9-7(2)4-5-7/h9H,3-5H2,1-2H3,(H,8,10). The van der Waals surface area contributed by atoms with E-state index in [0.717, 1.165) is 12.8 Å². The van der Waals surface area contributed by atoms with Crippen LogP contribution in [-0.2, 0) is 4.74 Å². The molecule has 64 valence electrons. The molecule has 4 heteroatoms. The van der Waals surface area contributed by atoms with Crippen molar-refractivity contribution in [2.75, 3.05) is 6.61 Å². The molecule has 1 aliphatic rings. The Kier molecular flexibility index (Phi) is 2.34. The highest BCUT2D eigenvalue weighted by atomic mass is 16.5. The molecule has 0 aromatic heterocycles. The first-order valence-electron chi connectivity index (χ1n) is 3.86. The van der Waals surface area contributed by atoms with Gasteiger partial charge in [0.05, 0.1) is 6.61 Å². The van der Waals surface area contributed by atoms with Gasteiger partial charge in [-0.05, 0) is 26.7 Å². The van der Waals surface area contributed by atoms with Crippen LogP contribution in [0.2, 0.25) is 0 Å². The van der Waals surface area contributed by atoms with Crippen molar-refractivity contribution in [1.29, 1.82) is 0 Å². The van der Waals surface area contributed by atoms with Gasteiger partial charge >= 0.3 is 6.09 Å². The van der Waals surface area contributed by atoms with Crippen LogP contribution in [0.1, 0.15) is 26.7 Å². The first-order valence-corrected chi connectivity index (χ1v) is 3.86. The summed E-state index contributed by atoms with van der Waals surface area (Å²) >= 11 is 0. The van der Waals surface area contributed by atoms with Crippen LogP contribution in [-0.4, -0.2) is 18.2 Å². The number of amides is 1. The van der Waals surface area contributed by atoms with E-state index in [1.54, 1.807) is 6.92 Å². The minimum Gasteiger partial charge on any atom is -0.449 e. The monoisotopic (exact) mass is 158 g/mol. The van der Waals surface area contributed by atoms with E-state index in [2.05, 4.69) is 22.5 Å². The largest absolute Gasteiger partial charge is 0.449 e. The van der Waals surface area contributed by atoms with Crippen LogP contribution in [0.15, 0.2) is 0 Å². The molecule has 0 bridgehead atoms. The van der Waals surface area contributed by atoms with Crippen molar-refractivity contribution in [3.8, 4) is 0 Å². The van der Waals surface area contributed by atoms with Crippen molar-refractivity contribution in [3.63, 3.8) is 0 Å². The van der Waals surface area contributed by atoms with Crippen LogP contribution in [0.25, 0.3) is 0 Å². The predicted molar refractivity (Wildman–Crippen MR) is 40.9 cm³/mol. The second kappa shape index (κ2) is 3.09. The highest BCUT2D eigenvalue weighted by molar-refractivity contribution is 5.66. The Morgan fingerprint density at radius 1 is 1.64 bits per heavy atom. The summed E-state index contributed by atoms with van der Waals surface area (Å²) in [4.78, 5) is 10.7. The maximum Gasteiger partial charge on any atom is 0.421 e. The summed E-state index contributed by atoms with van der Waals surface area (Å²) in [5.41, 5.74) is 5.49. The van der Waals surface area contributed by atoms with Gasteiger partial charge in [-0.3, -0.25) is 5.43 Å². The molecular formula is C7H14N2O2. The average molecular weight is 158 g/mol. The van der Waals surface area contributed by atoms with Gasteiger partial charge in [0.15, 0.2) is 0 Å². The van der Waals surface area contributed by atoms with E-state index < -0.39 is 6.09 Å². The molecular weight excluding hydrogens is 144 g/mol. The number of carbonyl (C=O) groups excluding carboxylic acids is 1. The molecule has 1 saturated carbocycles. The summed E-state index contributed by atoms with van der Waals surface area (Å²) in [6, 6.07) is 0. The molecule has 11 heavy (non-hydrogen) atoms. The minimum absolute atomic E-state index is 0.118. The van der Waals surface area contributed by atoms with Gasteiger partial charge in [-0.1, -0.05) is 0 Å². The summed E-state index contributed by atoms with van der Waals surface area (Å²) < 4.78 is 4.65. The van der Waals surface area contributed by atoms with E-state index in [4.69, 9.17) is 0 Å². The molecule has 0 atom stereocenters. The van der Waals surface area contributed by atoms with Gasteiger partial charge in [0, 0.05) is 5.54 Å². The van der Waals surface area contributed by atoms with E-state index in [9.17, 15) is 4.79 Å². The van der Waals surface area contributed by atoms with Gasteiger partial charge in [0.1, 0.15) is 0 Å². The van der Waals surface area contributed by atoms with Crippen molar-refractivity contribution in [2.45, 2.75) is 32.2 Å². The normalized spacial score (nSPS) is 19.1. The molecule has 0 aromatic rings. The Morgan fingerprint density at radius 3 is 2.73 bits per heavy atom. The van der Waals surface area contributed by atoms with Crippen LogP contribution in [0.5, 0.6) is 0 Å². The summed E-state index contributed by atoms with van der Waals surface area (Å²) in [7, 11) is 0. The number of rotatable bonds is 3. The molecule has 0 heterocycles. The lowest BCUT2D eigenvalue weighted by atomic mass is 10.4. The van der Waals surface area contributed by atoms with Gasteiger partial charge in [-0.25, -0.2) is 10.2 Å². The Labute approximate surface area is 66.3 Å². The van der Waals surface area contributed by atoms with E-state index in [1.807, 2.05) is 0 Å². The predicted octanol–water partition coefficient (Wildman–Crippen LogP) is 0.790. The molecule has 4 nitrogen and oxygen atoms in total. The van der Waals surface area contributed by atoms with Crippen molar-refractivity contribution in [2.24, 2.45) is 0 Å². The fraction of sp³-hybridized carbons (Fsp3) is 0.857. The van der Waals surface area contributed by atoms with Gasteiger partial charge in [0.25, 0.3) is 0 Å². The van der Waals surface area contributed by atoms with Crippen molar-refractivity contribution < 1.29 is 9.53 Å². The summed E-state index contributed by atoms with van der Waals surface area (Å²) in [6.45, 7) is 4.24. The molecule has 0 saturated heterocycles. The zero-order valence-corrected chi connectivity index (χ0v) is 6.94. The molecule has 1 aliphatic carbocycles. The first kappa shape index (κ1) is 8.33. The summed E-state index contributed by atoms with van der Waals surface area (Å²) in [5.74, 6) is 0. The number of carbonyl (C=O) groups is 1. The van der Waals surface area contributed by atoms with E-state index in [-0.39, 0.29) is 5.54 Å². The van der Waals surface area contributed by atoms with Gasteiger partial charge < -0.3 is 4.74 Å². The Bertz CT molecular complexity index is 155. The molecule has 2 N–H and O–H groups in total. The van der Waals surface area contributed by atoms with Crippen LogP contribution >= 0.6 is 0 Å².